The molecule has 6 nitrogen and oxygen atoms in total. The van der Waals surface area contributed by atoms with Gasteiger partial charge in [-0.25, -0.2) is 9.59 Å². The number of esters is 1. The molecule has 0 aromatic carbocycles. The Labute approximate surface area is 103 Å². The topological polar surface area (TPSA) is 81.7 Å². The Kier molecular flexibility index (Phi) is 6.15. The molecule has 0 saturated carbocycles. The van der Waals surface area contributed by atoms with Crippen LogP contribution in [0.1, 0.15) is 20.8 Å². The Hall–Kier alpha value is -1.11. The van der Waals surface area contributed by atoms with Crippen LogP contribution in [-0.4, -0.2) is 47.0 Å². The Balaban J connectivity index is 4.48. The quantitative estimate of drug-likeness (QED) is 0.745. The van der Waals surface area contributed by atoms with E-state index in [0.29, 0.717) is 0 Å². The smallest absolute Gasteiger partial charge is 0.408 e. The number of hydrogen-bond acceptors (Lipinski definition) is 5. The van der Waals surface area contributed by atoms with Gasteiger partial charge in [0.15, 0.2) is 0 Å². The zero-order valence-corrected chi connectivity index (χ0v) is 11.6. The summed E-state index contributed by atoms with van der Waals surface area (Å²) >= 11 is 0. The molecule has 2 atom stereocenters. The Morgan fingerprint density at radius 3 is 2.24 bits per heavy atom. The van der Waals surface area contributed by atoms with Crippen LogP contribution in [0.25, 0.3) is 0 Å². The lowest BCUT2D eigenvalue weighted by Gasteiger charge is -2.22. The number of carbonyl (C=O) groups excluding carboxylic acids is 2. The predicted octanol–water partition coefficient (Wildman–Crippen LogP) is 0.431. The number of methoxy groups -OCH3 is 1. The van der Waals surface area contributed by atoms with Crippen LogP contribution in [0, 0.1) is 0 Å². The highest BCUT2D eigenvalue weighted by Crippen LogP contribution is 2.07. The van der Waals surface area contributed by atoms with E-state index < -0.39 is 34.5 Å². The van der Waals surface area contributed by atoms with Gasteiger partial charge in [-0.05, 0) is 20.8 Å². The summed E-state index contributed by atoms with van der Waals surface area (Å²) in [5.41, 5.74) is -0.657. The second-order valence-corrected chi connectivity index (χ2v) is 5.94. The Bertz CT molecular complexity index is 310. The van der Waals surface area contributed by atoms with Gasteiger partial charge in [0.05, 0.1) is 12.9 Å². The monoisotopic (exact) mass is 265 g/mol. The van der Waals surface area contributed by atoms with Crippen LogP contribution in [-0.2, 0) is 25.1 Å². The van der Waals surface area contributed by atoms with E-state index in [2.05, 4.69) is 10.1 Å². The fourth-order valence-electron chi connectivity index (χ4n) is 0.995. The van der Waals surface area contributed by atoms with Crippen molar-refractivity contribution < 1.29 is 23.3 Å². The molecule has 0 aliphatic rings. The summed E-state index contributed by atoms with van der Waals surface area (Å²) in [5, 5.41) is 2.33. The molecule has 0 fully saturated rings. The van der Waals surface area contributed by atoms with Crippen LogP contribution in [0.2, 0.25) is 0 Å². The van der Waals surface area contributed by atoms with E-state index in [1.54, 1.807) is 20.8 Å². The van der Waals surface area contributed by atoms with Crippen LogP contribution < -0.4 is 5.32 Å². The molecule has 0 spiro atoms. The van der Waals surface area contributed by atoms with E-state index >= 15 is 0 Å². The fourth-order valence-corrected chi connectivity index (χ4v) is 1.68. The van der Waals surface area contributed by atoms with Gasteiger partial charge in [0, 0.05) is 17.1 Å². The van der Waals surface area contributed by atoms with Gasteiger partial charge in [0.25, 0.3) is 0 Å². The third-order valence-corrected chi connectivity index (χ3v) is 2.38. The number of alkyl carbamates (subject to hydrolysis) is 1. The van der Waals surface area contributed by atoms with Crippen molar-refractivity contribution >= 4 is 22.9 Å². The lowest BCUT2D eigenvalue weighted by Crippen LogP contribution is -2.46. The van der Waals surface area contributed by atoms with Gasteiger partial charge < -0.3 is 14.8 Å². The number of carbonyl (C=O) groups is 2. The number of nitrogens with one attached hydrogen (secondary N) is 1. The highest BCUT2D eigenvalue weighted by atomic mass is 32.2. The summed E-state index contributed by atoms with van der Waals surface area (Å²) in [6.07, 6.45) is 0.700. The average molecular weight is 265 g/mol. The van der Waals surface area contributed by atoms with E-state index in [1.807, 2.05) is 0 Å². The van der Waals surface area contributed by atoms with Crippen molar-refractivity contribution in [2.75, 3.05) is 19.1 Å². The van der Waals surface area contributed by atoms with Gasteiger partial charge >= 0.3 is 12.1 Å². The van der Waals surface area contributed by atoms with Crippen molar-refractivity contribution in [1.29, 1.82) is 0 Å². The zero-order chi connectivity index (χ0) is 13.6. The maximum atomic E-state index is 11.4. The Morgan fingerprint density at radius 2 is 1.88 bits per heavy atom. The molecule has 0 unspecified atom stereocenters. The lowest BCUT2D eigenvalue weighted by molar-refractivity contribution is -0.142. The number of ether oxygens (including phenoxy) is 2. The summed E-state index contributed by atoms with van der Waals surface area (Å²) in [4.78, 5) is 22.8. The lowest BCUT2D eigenvalue weighted by atomic mass is 10.2. The van der Waals surface area contributed by atoms with E-state index in [-0.39, 0.29) is 5.75 Å². The number of amides is 1. The van der Waals surface area contributed by atoms with Crippen molar-refractivity contribution in [2.45, 2.75) is 32.4 Å². The average Bonchev–Trinajstić information content (AvgIpc) is 2.11. The highest BCUT2D eigenvalue weighted by Gasteiger charge is 2.25. The van der Waals surface area contributed by atoms with Crippen molar-refractivity contribution in [3.63, 3.8) is 0 Å². The van der Waals surface area contributed by atoms with Crippen molar-refractivity contribution in [1.82, 2.24) is 5.32 Å². The normalized spacial score (nSPS) is 14.6. The maximum Gasteiger partial charge on any atom is 0.408 e. The molecule has 1 amide bonds. The Morgan fingerprint density at radius 1 is 1.35 bits per heavy atom. The fraction of sp³-hybridized carbons (Fsp3) is 0.800. The zero-order valence-electron chi connectivity index (χ0n) is 10.7. The number of rotatable bonds is 4. The van der Waals surface area contributed by atoms with Gasteiger partial charge in [-0.1, -0.05) is 0 Å². The van der Waals surface area contributed by atoms with Crippen molar-refractivity contribution in [3.8, 4) is 0 Å². The molecule has 100 valence electrons. The van der Waals surface area contributed by atoms with Crippen LogP contribution in [0.15, 0.2) is 0 Å². The SMILES string of the molecule is COC(=O)[C@H](C[S@@](C)=O)NC(=O)OC(C)(C)C. The molecule has 0 aliphatic carbocycles. The van der Waals surface area contributed by atoms with Crippen molar-refractivity contribution in [3.05, 3.63) is 0 Å². The van der Waals surface area contributed by atoms with Gasteiger partial charge in [-0.3, -0.25) is 4.21 Å². The standard InChI is InChI=1S/C10H19NO5S/c1-10(2,3)16-9(13)11-7(6-17(5)14)8(12)15-4/h7H,6H2,1-5H3,(H,11,13)/t7-,17+/m0/s1. The van der Waals surface area contributed by atoms with E-state index in [9.17, 15) is 13.8 Å². The van der Waals surface area contributed by atoms with Crippen LogP contribution in [0.3, 0.4) is 0 Å². The molecule has 0 bridgehead atoms. The summed E-state index contributed by atoms with van der Waals surface area (Å²) < 4.78 is 20.5. The van der Waals surface area contributed by atoms with Gasteiger partial charge in [0.1, 0.15) is 11.6 Å². The molecular formula is C10H19NO5S. The third-order valence-electron chi connectivity index (χ3n) is 1.58. The highest BCUT2D eigenvalue weighted by molar-refractivity contribution is 7.84. The molecule has 0 radical (unpaired) electrons. The van der Waals surface area contributed by atoms with Gasteiger partial charge in [-0.2, -0.15) is 0 Å². The minimum Gasteiger partial charge on any atom is -0.467 e. The molecule has 0 saturated heterocycles. The summed E-state index contributed by atoms with van der Waals surface area (Å²) in [5.74, 6) is -0.655. The van der Waals surface area contributed by atoms with E-state index in [1.165, 1.54) is 13.4 Å². The van der Waals surface area contributed by atoms with Crippen LogP contribution >= 0.6 is 0 Å². The van der Waals surface area contributed by atoms with E-state index in [0.717, 1.165) is 0 Å². The predicted molar refractivity (Wildman–Crippen MR) is 64.1 cm³/mol. The second-order valence-electron chi connectivity index (χ2n) is 4.46. The first kappa shape index (κ1) is 15.9. The molecule has 0 aromatic heterocycles. The molecular weight excluding hydrogens is 246 g/mol. The summed E-state index contributed by atoms with van der Waals surface area (Å²) in [6.45, 7) is 5.12. The summed E-state index contributed by atoms with van der Waals surface area (Å²) in [6, 6.07) is -0.958. The first-order chi connectivity index (χ1) is 7.65. The minimum absolute atomic E-state index is 0.00802. The first-order valence-electron chi connectivity index (χ1n) is 5.03. The molecule has 0 aliphatic heterocycles. The maximum absolute atomic E-state index is 11.4. The number of hydrogen-bond donors (Lipinski definition) is 1. The van der Waals surface area contributed by atoms with Crippen LogP contribution in [0.5, 0.6) is 0 Å². The van der Waals surface area contributed by atoms with Crippen molar-refractivity contribution in [2.24, 2.45) is 0 Å². The molecule has 1 N–H and O–H groups in total. The second kappa shape index (κ2) is 6.58. The molecule has 0 aromatic rings. The molecule has 0 heterocycles. The molecule has 7 heteroatoms. The first-order valence-corrected chi connectivity index (χ1v) is 6.76. The van der Waals surface area contributed by atoms with Gasteiger partial charge in [0.2, 0.25) is 0 Å². The third kappa shape index (κ3) is 7.73. The minimum atomic E-state index is -1.23. The van der Waals surface area contributed by atoms with Gasteiger partial charge in [-0.15, -0.1) is 0 Å². The largest absolute Gasteiger partial charge is 0.467 e. The van der Waals surface area contributed by atoms with Crippen LogP contribution in [0.4, 0.5) is 4.79 Å². The molecule has 17 heavy (non-hydrogen) atoms. The molecule has 0 rings (SSSR count). The van der Waals surface area contributed by atoms with E-state index in [4.69, 9.17) is 4.74 Å². The summed E-state index contributed by atoms with van der Waals surface area (Å²) in [7, 11) is -0.0294.